The molecule has 0 heterocycles. The van der Waals surface area contributed by atoms with Crippen LogP contribution < -0.4 is 5.32 Å². The molecule has 0 aromatic heterocycles. The van der Waals surface area contributed by atoms with Gasteiger partial charge in [-0.2, -0.15) is 0 Å². The van der Waals surface area contributed by atoms with E-state index in [0.717, 1.165) is 6.54 Å². The lowest BCUT2D eigenvalue weighted by Crippen LogP contribution is -2.43. The first-order valence-corrected chi connectivity index (χ1v) is 6.97. The molecule has 0 radical (unpaired) electrons. The Balaban J connectivity index is 2.78. The Labute approximate surface area is 113 Å². The van der Waals surface area contributed by atoms with E-state index in [0.29, 0.717) is 5.92 Å². The second kappa shape index (κ2) is 5.44. The summed E-state index contributed by atoms with van der Waals surface area (Å²) in [5, 5.41) is 3.60. The molecular weight excluding hydrogens is 218 g/mol. The zero-order valence-electron chi connectivity index (χ0n) is 13.1. The van der Waals surface area contributed by atoms with Gasteiger partial charge < -0.3 is 5.32 Å². The van der Waals surface area contributed by atoms with Gasteiger partial charge in [-0.05, 0) is 37.8 Å². The zero-order chi connectivity index (χ0) is 14.0. The monoisotopic (exact) mass is 247 g/mol. The van der Waals surface area contributed by atoms with Crippen LogP contribution in [0.1, 0.15) is 65.5 Å². The van der Waals surface area contributed by atoms with Crippen LogP contribution in [0.2, 0.25) is 0 Å². The summed E-state index contributed by atoms with van der Waals surface area (Å²) in [6.07, 6.45) is 0. The van der Waals surface area contributed by atoms with Crippen molar-refractivity contribution in [2.24, 2.45) is 0 Å². The first-order chi connectivity index (χ1) is 8.12. The maximum absolute atomic E-state index is 3.60. The highest BCUT2D eigenvalue weighted by Gasteiger charge is 2.22. The van der Waals surface area contributed by atoms with Gasteiger partial charge in [0.2, 0.25) is 0 Å². The molecule has 1 heteroatoms. The minimum absolute atomic E-state index is 0.169. The van der Waals surface area contributed by atoms with Gasteiger partial charge in [0, 0.05) is 17.5 Å². The van der Waals surface area contributed by atoms with Crippen molar-refractivity contribution in [3.8, 4) is 0 Å². The average Bonchev–Trinajstić information content (AvgIpc) is 2.26. The van der Waals surface area contributed by atoms with E-state index in [9.17, 15) is 0 Å². The molecule has 18 heavy (non-hydrogen) atoms. The Morgan fingerprint density at radius 1 is 0.944 bits per heavy atom. The molecule has 0 fully saturated rings. The van der Waals surface area contributed by atoms with Crippen LogP contribution in [0.25, 0.3) is 0 Å². The Bertz CT molecular complexity index is 366. The number of benzene rings is 1. The fourth-order valence-electron chi connectivity index (χ4n) is 1.91. The number of nitrogens with one attached hydrogen (secondary N) is 1. The van der Waals surface area contributed by atoms with E-state index in [1.165, 1.54) is 11.1 Å². The van der Waals surface area contributed by atoms with Gasteiger partial charge in [0.05, 0.1) is 0 Å². The molecule has 0 unspecified atom stereocenters. The summed E-state index contributed by atoms with van der Waals surface area (Å²) >= 11 is 0. The molecule has 0 aliphatic carbocycles. The molecule has 0 amide bonds. The van der Waals surface area contributed by atoms with E-state index >= 15 is 0 Å². The quantitative estimate of drug-likeness (QED) is 0.827. The van der Waals surface area contributed by atoms with E-state index in [1.807, 2.05) is 0 Å². The maximum Gasteiger partial charge on any atom is 0.00968 e. The molecule has 0 saturated carbocycles. The zero-order valence-corrected chi connectivity index (χ0v) is 13.1. The van der Waals surface area contributed by atoms with Crippen molar-refractivity contribution in [2.75, 3.05) is 6.54 Å². The Hall–Kier alpha value is -0.820. The first kappa shape index (κ1) is 15.2. The third-order valence-electron chi connectivity index (χ3n) is 3.42. The molecule has 1 rings (SSSR count). The molecule has 1 N–H and O–H groups in total. The summed E-state index contributed by atoms with van der Waals surface area (Å²) < 4.78 is 0. The van der Waals surface area contributed by atoms with Crippen LogP contribution in [0, 0.1) is 0 Å². The normalized spacial score (nSPS) is 13.1. The highest BCUT2D eigenvalue weighted by Crippen LogP contribution is 2.25. The highest BCUT2D eigenvalue weighted by molar-refractivity contribution is 5.30. The van der Waals surface area contributed by atoms with Gasteiger partial charge in [0.25, 0.3) is 0 Å². The fraction of sp³-hybridized carbons (Fsp3) is 0.647. The molecule has 0 bridgehead atoms. The van der Waals surface area contributed by atoms with Gasteiger partial charge >= 0.3 is 0 Å². The lowest BCUT2D eigenvalue weighted by molar-refractivity contribution is 0.363. The Morgan fingerprint density at radius 3 is 1.83 bits per heavy atom. The minimum atomic E-state index is 0.169. The van der Waals surface area contributed by atoms with Gasteiger partial charge in [-0.3, -0.25) is 0 Å². The van der Waals surface area contributed by atoms with Crippen LogP contribution in [0.3, 0.4) is 0 Å². The Morgan fingerprint density at radius 2 is 1.44 bits per heavy atom. The van der Waals surface area contributed by atoms with Crippen molar-refractivity contribution in [1.29, 1.82) is 0 Å². The largest absolute Gasteiger partial charge is 0.311 e. The first-order valence-electron chi connectivity index (χ1n) is 6.97. The molecule has 0 aliphatic heterocycles. The predicted octanol–water partition coefficient (Wildman–Crippen LogP) is 4.48. The second-order valence-corrected chi connectivity index (χ2v) is 7.26. The summed E-state index contributed by atoms with van der Waals surface area (Å²) in [5.41, 5.74) is 3.17. The van der Waals surface area contributed by atoms with E-state index in [2.05, 4.69) is 78.0 Å². The third-order valence-corrected chi connectivity index (χ3v) is 3.42. The molecule has 0 aliphatic rings. The number of hydrogen-bond donors (Lipinski definition) is 1. The van der Waals surface area contributed by atoms with Crippen LogP contribution >= 0.6 is 0 Å². The summed E-state index contributed by atoms with van der Waals surface area (Å²) in [5.74, 6) is 0.606. The highest BCUT2D eigenvalue weighted by atomic mass is 15.0. The molecule has 0 atom stereocenters. The predicted molar refractivity (Wildman–Crippen MR) is 81.3 cm³/mol. The van der Waals surface area contributed by atoms with Crippen LogP contribution in [-0.2, 0) is 5.41 Å². The molecule has 1 aromatic rings. The van der Waals surface area contributed by atoms with Crippen molar-refractivity contribution in [2.45, 2.75) is 65.3 Å². The van der Waals surface area contributed by atoms with Crippen molar-refractivity contribution in [1.82, 2.24) is 5.32 Å². The van der Waals surface area contributed by atoms with Crippen molar-refractivity contribution in [3.05, 3.63) is 35.4 Å². The topological polar surface area (TPSA) is 12.0 Å². The number of hydrogen-bond acceptors (Lipinski definition) is 1. The van der Waals surface area contributed by atoms with Crippen LogP contribution in [0.15, 0.2) is 24.3 Å². The van der Waals surface area contributed by atoms with E-state index in [4.69, 9.17) is 0 Å². The molecule has 1 aromatic carbocycles. The van der Waals surface area contributed by atoms with Crippen molar-refractivity contribution < 1.29 is 0 Å². The summed E-state index contributed by atoms with van der Waals surface area (Å²) in [6, 6.07) is 9.08. The SMILES string of the molecule is CC(C)c1ccc(C(C)(C)CNC(C)(C)C)cc1. The van der Waals surface area contributed by atoms with Gasteiger partial charge in [-0.15, -0.1) is 0 Å². The molecule has 0 spiro atoms. The van der Waals surface area contributed by atoms with Crippen molar-refractivity contribution in [3.63, 3.8) is 0 Å². The van der Waals surface area contributed by atoms with Gasteiger partial charge in [-0.25, -0.2) is 0 Å². The van der Waals surface area contributed by atoms with Gasteiger partial charge in [0.1, 0.15) is 0 Å². The van der Waals surface area contributed by atoms with E-state index in [-0.39, 0.29) is 11.0 Å². The average molecular weight is 247 g/mol. The smallest absolute Gasteiger partial charge is 0.00968 e. The van der Waals surface area contributed by atoms with Crippen LogP contribution in [0.4, 0.5) is 0 Å². The van der Waals surface area contributed by atoms with Crippen molar-refractivity contribution >= 4 is 0 Å². The lowest BCUT2D eigenvalue weighted by Gasteiger charge is -2.31. The summed E-state index contributed by atoms with van der Waals surface area (Å²) in [4.78, 5) is 0. The summed E-state index contributed by atoms with van der Waals surface area (Å²) in [6.45, 7) is 16.7. The van der Waals surface area contributed by atoms with Crippen LogP contribution in [0.5, 0.6) is 0 Å². The lowest BCUT2D eigenvalue weighted by atomic mass is 9.83. The molecule has 0 saturated heterocycles. The fourth-order valence-corrected chi connectivity index (χ4v) is 1.91. The number of rotatable bonds is 4. The standard InChI is InChI=1S/C17H29N/c1-13(2)14-8-10-15(11-9-14)17(6,7)12-18-16(3,4)5/h8-11,13,18H,12H2,1-7H3. The van der Waals surface area contributed by atoms with Gasteiger partial charge in [0.15, 0.2) is 0 Å². The summed E-state index contributed by atoms with van der Waals surface area (Å²) in [7, 11) is 0. The molecular formula is C17H29N. The molecule has 1 nitrogen and oxygen atoms in total. The second-order valence-electron chi connectivity index (χ2n) is 7.26. The van der Waals surface area contributed by atoms with E-state index < -0.39 is 0 Å². The third kappa shape index (κ3) is 4.45. The molecule has 102 valence electrons. The van der Waals surface area contributed by atoms with E-state index in [1.54, 1.807) is 0 Å². The van der Waals surface area contributed by atoms with Crippen LogP contribution in [-0.4, -0.2) is 12.1 Å². The minimum Gasteiger partial charge on any atom is -0.311 e. The van der Waals surface area contributed by atoms with Gasteiger partial charge in [-0.1, -0.05) is 52.0 Å². The maximum atomic E-state index is 3.60. The Kier molecular flexibility index (Phi) is 4.61.